The molecular formula is C100H176. The highest BCUT2D eigenvalue weighted by molar-refractivity contribution is 4.89. The van der Waals surface area contributed by atoms with Crippen LogP contribution in [-0.4, -0.2) is 0 Å². The van der Waals surface area contributed by atoms with Gasteiger partial charge in [0.25, 0.3) is 0 Å². The summed E-state index contributed by atoms with van der Waals surface area (Å²) in [6.45, 7) is 0. The van der Waals surface area contributed by atoms with Gasteiger partial charge in [-0.2, -0.15) is 0 Å². The minimum Gasteiger partial charge on any atom is -0.0530 e. The molecule has 0 heterocycles. The molecule has 29 aliphatic rings. The maximum Gasteiger partial charge on any atom is -0.0409 e. The molecule has 0 aromatic heterocycles. The van der Waals surface area contributed by atoms with Crippen LogP contribution in [-0.2, 0) is 0 Å². The van der Waals surface area contributed by atoms with Gasteiger partial charge in [0.1, 0.15) is 0 Å². The summed E-state index contributed by atoms with van der Waals surface area (Å²) < 4.78 is 0. The molecule has 0 radical (unpaired) electrons. The highest BCUT2D eigenvalue weighted by atomic mass is 14.4. The number of rotatable bonds is 0. The standard InChI is InChI=1S/3C10H18.2C9H16.4C8H14.2C7H12.C6H10/c1-3-9-5-2-6-10(4-1)8-7-9;1-2-5-10-7-3-6-9(4-1)8-10;1-2-4-10-7-5-9(3-1)6-8-10;1-3-8-5-2-6-9(4-1)7-8;1-2-4-9-6-5-8(3-1)7-9;1-2-8-5-3-7(1)4-6-8;2*1-2-7-4-5-8(3-1)6-7;1-2-4-8-5-7(3-1)6-8;1-2-7-4-3-6(1)5-7;1-2-6-4-7(3-1)5-6;1-2-6-3-5(1)4-6/h3*9-10H,1-8H2;2*8-9H,1-7H2;4*7-8H,1-6H2;2*6-7H,1-5H2;5-6H,1-4H2. The Balaban J connectivity index is 0.0000000979. The summed E-state index contributed by atoms with van der Waals surface area (Å²) in [4.78, 5) is 0. The van der Waals surface area contributed by atoms with Crippen molar-refractivity contribution in [2.45, 2.75) is 488 Å². The fraction of sp³-hybridized carbons (Fsp3) is 1.00. The maximum absolute atomic E-state index is 1.58. The van der Waals surface area contributed by atoms with Crippen LogP contribution in [0.3, 0.4) is 0 Å². The first-order valence-corrected chi connectivity index (χ1v) is 49.4. The molecule has 29 fully saturated rings. The van der Waals surface area contributed by atoms with Gasteiger partial charge < -0.3 is 0 Å². The van der Waals surface area contributed by atoms with Gasteiger partial charge in [-0.25, -0.2) is 0 Å². The second-order valence-corrected chi connectivity index (χ2v) is 43.1. The van der Waals surface area contributed by atoms with E-state index in [0.717, 1.165) is 94.7 Å². The van der Waals surface area contributed by atoms with E-state index >= 15 is 0 Å². The molecule has 0 spiro atoms. The topological polar surface area (TPSA) is 0 Å². The first-order chi connectivity index (χ1) is 49.4. The van der Waals surface area contributed by atoms with Crippen LogP contribution in [0.1, 0.15) is 488 Å². The summed E-state index contributed by atoms with van der Waals surface area (Å²) in [5.74, 6) is 27.8. The van der Waals surface area contributed by atoms with Crippen LogP contribution in [0.2, 0.25) is 0 Å². The molecule has 0 aromatic rings. The van der Waals surface area contributed by atoms with Gasteiger partial charge in [0, 0.05) is 0 Å². The molecule has 0 nitrogen and oxygen atoms in total. The Morgan fingerprint density at radius 2 is 0.140 bits per heavy atom. The molecule has 24 bridgehead atoms. The van der Waals surface area contributed by atoms with E-state index in [2.05, 4.69) is 0 Å². The number of hydrogen-bond donors (Lipinski definition) is 0. The summed E-state index contributed by atoms with van der Waals surface area (Å²) in [5.41, 5.74) is 0. The Hall–Kier alpha value is 0. The van der Waals surface area contributed by atoms with Crippen molar-refractivity contribution in [3.8, 4) is 0 Å². The Morgan fingerprint density at radius 3 is 0.310 bits per heavy atom. The molecule has 8 unspecified atom stereocenters. The first kappa shape index (κ1) is 78.1. The third-order valence-corrected chi connectivity index (χ3v) is 35.5. The normalized spacial score (nSPS) is 44.2. The van der Waals surface area contributed by atoms with E-state index in [1.54, 1.807) is 385 Å². The number of hydrogen-bond acceptors (Lipinski definition) is 0. The van der Waals surface area contributed by atoms with Crippen molar-refractivity contribution in [2.75, 3.05) is 0 Å². The summed E-state index contributed by atoms with van der Waals surface area (Å²) in [7, 11) is 0. The van der Waals surface area contributed by atoms with Crippen LogP contribution in [0.25, 0.3) is 0 Å². The Morgan fingerprint density at radius 1 is 0.0600 bits per heavy atom. The predicted octanol–water partition coefficient (Wildman–Crippen LogP) is 32.6. The summed E-state index contributed by atoms with van der Waals surface area (Å²) in [5, 5.41) is 0. The molecular weight excluding hydrogens is 1200 g/mol. The smallest absolute Gasteiger partial charge is 0.0409 e. The zero-order valence-electron chi connectivity index (χ0n) is 67.6. The van der Waals surface area contributed by atoms with E-state index in [0.29, 0.717) is 0 Å². The van der Waals surface area contributed by atoms with Crippen molar-refractivity contribution in [1.29, 1.82) is 0 Å². The lowest BCUT2D eigenvalue weighted by molar-refractivity contribution is 0.116. The van der Waals surface area contributed by atoms with Gasteiger partial charge in [-0.3, -0.25) is 0 Å². The van der Waals surface area contributed by atoms with Crippen LogP contribution >= 0.6 is 0 Å². The average Bonchev–Trinajstić information content (AvgIpc) is 1.25. The van der Waals surface area contributed by atoms with Crippen molar-refractivity contribution < 1.29 is 0 Å². The van der Waals surface area contributed by atoms with Crippen LogP contribution in [0.5, 0.6) is 0 Å². The minimum atomic E-state index is 1.13. The molecule has 100 heavy (non-hydrogen) atoms. The lowest BCUT2D eigenvalue weighted by Gasteiger charge is -2.40. The van der Waals surface area contributed by atoms with Crippen molar-refractivity contribution in [3.63, 3.8) is 0 Å². The molecule has 29 aliphatic carbocycles. The Bertz CT molecular complexity index is 1850. The second kappa shape index (κ2) is 43.4. The molecule has 29 rings (SSSR count). The SMILES string of the molecule is C1CC2CC(C1)C2.C1CC2CC1C2.C1CC2CCC(C1)C2.C1CC2CCC(C1)C2.C1CC2CCC1C2.C1CC2CCC1CC2.C1CC2CCCC(C1)C2.C1CC2CCCC(C1)CC2.C1CCC2CC(C1)C2.C1CCC2CCC(C1)C2.C1CCC2CCC(C1)CC2.C1CCC2CCCC(C1)C2. The largest absolute Gasteiger partial charge is 0.0530 e. The monoisotopic (exact) mass is 1380 g/mol. The molecule has 0 heteroatoms. The van der Waals surface area contributed by atoms with Gasteiger partial charge in [0.15, 0.2) is 0 Å². The minimum absolute atomic E-state index is 1.13. The third kappa shape index (κ3) is 27.2. The molecule has 0 saturated heterocycles. The van der Waals surface area contributed by atoms with E-state index in [1.807, 2.05) is 0 Å². The molecule has 0 aliphatic heterocycles. The van der Waals surface area contributed by atoms with Crippen molar-refractivity contribution >= 4 is 0 Å². The van der Waals surface area contributed by atoms with Gasteiger partial charge in [0.05, 0.1) is 0 Å². The fourth-order valence-corrected chi connectivity index (χ4v) is 28.7. The van der Waals surface area contributed by atoms with Crippen molar-refractivity contribution in [3.05, 3.63) is 0 Å². The summed E-state index contributed by atoms with van der Waals surface area (Å²) >= 11 is 0. The van der Waals surface area contributed by atoms with Crippen LogP contribution in [0.4, 0.5) is 0 Å². The van der Waals surface area contributed by atoms with Gasteiger partial charge in [0.2, 0.25) is 0 Å². The van der Waals surface area contributed by atoms with Gasteiger partial charge in [-0.05, 0) is 219 Å². The van der Waals surface area contributed by atoms with Crippen molar-refractivity contribution in [2.24, 2.45) is 142 Å². The molecule has 576 valence electrons. The molecule has 0 amide bonds. The molecule has 8 atom stereocenters. The summed E-state index contributed by atoms with van der Waals surface area (Å²) in [6, 6.07) is 0. The highest BCUT2D eigenvalue weighted by Crippen LogP contribution is 2.51. The van der Waals surface area contributed by atoms with Crippen LogP contribution in [0, 0.1) is 142 Å². The Kier molecular flexibility index (Phi) is 33.9. The molecule has 0 N–H and O–H groups in total. The van der Waals surface area contributed by atoms with Crippen LogP contribution in [0.15, 0.2) is 0 Å². The van der Waals surface area contributed by atoms with E-state index in [-0.39, 0.29) is 0 Å². The quantitative estimate of drug-likeness (QED) is 0.227. The maximum atomic E-state index is 1.58. The highest BCUT2D eigenvalue weighted by Gasteiger charge is 2.37. The van der Waals surface area contributed by atoms with E-state index in [1.165, 1.54) is 150 Å². The van der Waals surface area contributed by atoms with Gasteiger partial charge >= 0.3 is 0 Å². The summed E-state index contributed by atoms with van der Waals surface area (Å²) in [6.07, 6.45) is 118. The lowest BCUT2D eigenvalue weighted by Crippen LogP contribution is -2.28. The van der Waals surface area contributed by atoms with E-state index in [9.17, 15) is 0 Å². The van der Waals surface area contributed by atoms with E-state index < -0.39 is 0 Å². The first-order valence-electron chi connectivity index (χ1n) is 49.4. The average molecular weight is 1380 g/mol. The Labute approximate surface area is 626 Å². The molecule has 29 saturated carbocycles. The van der Waals surface area contributed by atoms with E-state index in [4.69, 9.17) is 0 Å². The zero-order valence-corrected chi connectivity index (χ0v) is 67.6. The van der Waals surface area contributed by atoms with Gasteiger partial charge in [-0.15, -0.1) is 0 Å². The fourth-order valence-electron chi connectivity index (χ4n) is 28.7. The third-order valence-electron chi connectivity index (χ3n) is 35.5. The van der Waals surface area contributed by atoms with Crippen LogP contribution < -0.4 is 0 Å². The predicted molar refractivity (Wildman–Crippen MR) is 435 cm³/mol. The zero-order chi connectivity index (χ0) is 67.6. The number of fused-ring (bicyclic) bond motifs is 29. The van der Waals surface area contributed by atoms with Crippen molar-refractivity contribution in [1.82, 2.24) is 0 Å². The lowest BCUT2D eigenvalue weighted by atomic mass is 9.65. The van der Waals surface area contributed by atoms with Gasteiger partial charge in [-0.1, -0.05) is 411 Å². The second-order valence-electron chi connectivity index (χ2n) is 43.1. The molecule has 0 aromatic carbocycles.